The second-order valence-corrected chi connectivity index (χ2v) is 7.73. The van der Waals surface area contributed by atoms with E-state index in [1.165, 1.54) is 0 Å². The van der Waals surface area contributed by atoms with E-state index in [0.29, 0.717) is 5.02 Å². The molecule has 0 bridgehead atoms. The molecule has 0 N–H and O–H groups in total. The molecule has 0 aliphatic carbocycles. The van der Waals surface area contributed by atoms with Crippen LogP contribution >= 0.6 is 23.4 Å². The minimum absolute atomic E-state index is 0.673. The third kappa shape index (κ3) is 4.35. The summed E-state index contributed by atoms with van der Waals surface area (Å²) in [5.41, 5.74) is 1.92. The highest BCUT2D eigenvalue weighted by Gasteiger charge is 2.18. The van der Waals surface area contributed by atoms with Crippen LogP contribution in [0.4, 0.5) is 0 Å². The van der Waals surface area contributed by atoms with Gasteiger partial charge in [0.15, 0.2) is 11.0 Å². The van der Waals surface area contributed by atoms with Crippen molar-refractivity contribution in [2.24, 2.45) is 0 Å². The maximum absolute atomic E-state index is 6.43. The zero-order valence-electron chi connectivity index (χ0n) is 14.9. The lowest BCUT2D eigenvalue weighted by Crippen LogP contribution is -2.37. The van der Waals surface area contributed by atoms with E-state index in [9.17, 15) is 0 Å². The fraction of sp³-hybridized carbons (Fsp3) is 0.300. The Kier molecular flexibility index (Phi) is 6.09. The van der Waals surface area contributed by atoms with Gasteiger partial charge in [0.05, 0.1) is 18.2 Å². The molecule has 27 heavy (non-hydrogen) atoms. The molecule has 0 radical (unpaired) electrons. The molecule has 1 aliphatic rings. The average Bonchev–Trinajstić information content (AvgIpc) is 3.13. The number of halogens is 1. The molecule has 1 saturated heterocycles. The summed E-state index contributed by atoms with van der Waals surface area (Å²) in [5, 5.41) is 10.5. The lowest BCUT2D eigenvalue weighted by Gasteiger charge is -2.26. The van der Waals surface area contributed by atoms with E-state index in [4.69, 9.17) is 16.3 Å². The lowest BCUT2D eigenvalue weighted by atomic mass is 10.2. The van der Waals surface area contributed by atoms with Crippen LogP contribution in [0.15, 0.2) is 59.8 Å². The minimum atomic E-state index is 0.673. The SMILES string of the molecule is Clc1ccccc1-c1nnc(SCCN2CCOCC2)n1-c1ccccc1. The first-order valence-corrected chi connectivity index (χ1v) is 10.4. The van der Waals surface area contributed by atoms with Gasteiger partial charge >= 0.3 is 0 Å². The zero-order chi connectivity index (χ0) is 18.5. The standard InChI is InChI=1S/C20H21ClN4OS/c21-18-9-5-4-8-17(18)19-22-23-20(25(19)16-6-2-1-3-7-16)27-15-12-24-10-13-26-14-11-24/h1-9H,10-15H2. The van der Waals surface area contributed by atoms with Crippen LogP contribution in [0.3, 0.4) is 0 Å². The van der Waals surface area contributed by atoms with Crippen LogP contribution in [-0.2, 0) is 4.74 Å². The first-order valence-electron chi connectivity index (χ1n) is 9.01. The van der Waals surface area contributed by atoms with Crippen molar-refractivity contribution in [1.29, 1.82) is 0 Å². The molecule has 3 aromatic rings. The number of morpholine rings is 1. The Morgan fingerprint density at radius 2 is 1.70 bits per heavy atom. The van der Waals surface area contributed by atoms with Crippen LogP contribution in [-0.4, -0.2) is 58.3 Å². The Hall–Kier alpha value is -1.86. The van der Waals surface area contributed by atoms with Crippen LogP contribution in [0.5, 0.6) is 0 Å². The van der Waals surface area contributed by atoms with Crippen molar-refractivity contribution in [3.8, 4) is 17.1 Å². The van der Waals surface area contributed by atoms with Crippen LogP contribution in [0.2, 0.25) is 5.02 Å². The molecule has 1 aliphatic heterocycles. The van der Waals surface area contributed by atoms with Gasteiger partial charge in [0.2, 0.25) is 0 Å². The third-order valence-corrected chi connectivity index (χ3v) is 5.74. The largest absolute Gasteiger partial charge is 0.379 e. The van der Waals surface area contributed by atoms with Gasteiger partial charge in [0.1, 0.15) is 0 Å². The molecule has 1 aromatic heterocycles. The van der Waals surface area contributed by atoms with Crippen LogP contribution < -0.4 is 0 Å². The molecule has 1 fully saturated rings. The first-order chi connectivity index (χ1) is 13.3. The number of para-hydroxylation sites is 1. The fourth-order valence-corrected chi connectivity index (χ4v) is 4.25. The summed E-state index contributed by atoms with van der Waals surface area (Å²) >= 11 is 8.15. The number of benzene rings is 2. The predicted octanol–water partition coefficient (Wildman–Crippen LogP) is 4.01. The first kappa shape index (κ1) is 18.5. The van der Waals surface area contributed by atoms with Gasteiger partial charge in [-0.05, 0) is 24.3 Å². The molecule has 0 atom stereocenters. The quantitative estimate of drug-likeness (QED) is 0.585. The van der Waals surface area contributed by atoms with E-state index in [1.807, 2.05) is 42.5 Å². The van der Waals surface area contributed by atoms with Gasteiger partial charge in [-0.3, -0.25) is 9.47 Å². The summed E-state index contributed by atoms with van der Waals surface area (Å²) in [6.45, 7) is 4.65. The number of hydrogen-bond acceptors (Lipinski definition) is 5. The zero-order valence-corrected chi connectivity index (χ0v) is 16.5. The second-order valence-electron chi connectivity index (χ2n) is 6.26. The summed E-state index contributed by atoms with van der Waals surface area (Å²) in [6.07, 6.45) is 0. The number of thioether (sulfide) groups is 1. The lowest BCUT2D eigenvalue weighted by molar-refractivity contribution is 0.0410. The number of rotatable bonds is 6. The van der Waals surface area contributed by atoms with E-state index in [0.717, 1.165) is 60.8 Å². The molecule has 0 amide bonds. The Bertz CT molecular complexity index is 881. The summed E-state index contributed by atoms with van der Waals surface area (Å²) < 4.78 is 7.51. The van der Waals surface area contributed by atoms with E-state index in [1.54, 1.807) is 11.8 Å². The topological polar surface area (TPSA) is 43.2 Å². The molecule has 4 rings (SSSR count). The molecular formula is C20H21ClN4OS. The Labute approximate surface area is 168 Å². The summed E-state index contributed by atoms with van der Waals surface area (Å²) in [4.78, 5) is 2.43. The average molecular weight is 401 g/mol. The van der Waals surface area contributed by atoms with Gasteiger partial charge in [0.25, 0.3) is 0 Å². The molecule has 7 heteroatoms. The van der Waals surface area contributed by atoms with Crippen LogP contribution in [0.1, 0.15) is 0 Å². The predicted molar refractivity (Wildman–Crippen MR) is 110 cm³/mol. The molecule has 140 valence electrons. The monoisotopic (exact) mass is 400 g/mol. The molecule has 2 aromatic carbocycles. The summed E-state index contributed by atoms with van der Waals surface area (Å²) in [7, 11) is 0. The van der Waals surface area contributed by atoms with E-state index >= 15 is 0 Å². The van der Waals surface area contributed by atoms with Gasteiger partial charge in [-0.2, -0.15) is 0 Å². The normalized spacial score (nSPS) is 15.1. The molecule has 2 heterocycles. The van der Waals surface area contributed by atoms with Crippen molar-refractivity contribution in [2.45, 2.75) is 5.16 Å². The number of nitrogens with zero attached hydrogens (tertiary/aromatic N) is 4. The smallest absolute Gasteiger partial charge is 0.196 e. The minimum Gasteiger partial charge on any atom is -0.379 e. The summed E-state index contributed by atoms with van der Waals surface area (Å²) in [5.74, 6) is 1.72. The van der Waals surface area contributed by atoms with Crippen molar-refractivity contribution < 1.29 is 4.74 Å². The Balaban J connectivity index is 1.60. The fourth-order valence-electron chi connectivity index (χ4n) is 3.08. The van der Waals surface area contributed by atoms with Gasteiger partial charge in [-0.1, -0.05) is 53.7 Å². The van der Waals surface area contributed by atoms with Crippen molar-refractivity contribution in [3.05, 3.63) is 59.6 Å². The van der Waals surface area contributed by atoms with E-state index < -0.39 is 0 Å². The van der Waals surface area contributed by atoms with Crippen molar-refractivity contribution in [2.75, 3.05) is 38.6 Å². The van der Waals surface area contributed by atoms with Gasteiger partial charge in [0, 0.05) is 36.6 Å². The van der Waals surface area contributed by atoms with Crippen molar-refractivity contribution in [1.82, 2.24) is 19.7 Å². The van der Waals surface area contributed by atoms with Crippen LogP contribution in [0.25, 0.3) is 17.1 Å². The molecule has 0 saturated carbocycles. The third-order valence-electron chi connectivity index (χ3n) is 4.50. The molecule has 0 unspecified atom stereocenters. The molecular weight excluding hydrogens is 380 g/mol. The Morgan fingerprint density at radius 3 is 2.48 bits per heavy atom. The number of ether oxygens (including phenoxy) is 1. The molecule has 0 spiro atoms. The Morgan fingerprint density at radius 1 is 0.963 bits per heavy atom. The number of hydrogen-bond donors (Lipinski definition) is 0. The second kappa shape index (κ2) is 8.89. The highest BCUT2D eigenvalue weighted by molar-refractivity contribution is 7.99. The molecule has 5 nitrogen and oxygen atoms in total. The number of aromatic nitrogens is 3. The maximum Gasteiger partial charge on any atom is 0.196 e. The van der Waals surface area contributed by atoms with Gasteiger partial charge in [-0.15, -0.1) is 10.2 Å². The van der Waals surface area contributed by atoms with Crippen molar-refractivity contribution in [3.63, 3.8) is 0 Å². The van der Waals surface area contributed by atoms with Gasteiger partial charge < -0.3 is 4.74 Å². The highest BCUT2D eigenvalue weighted by Crippen LogP contribution is 2.31. The van der Waals surface area contributed by atoms with Crippen molar-refractivity contribution >= 4 is 23.4 Å². The van der Waals surface area contributed by atoms with Gasteiger partial charge in [-0.25, -0.2) is 0 Å². The van der Waals surface area contributed by atoms with Crippen LogP contribution in [0, 0.1) is 0 Å². The summed E-state index contributed by atoms with van der Waals surface area (Å²) in [6, 6.07) is 17.9. The highest BCUT2D eigenvalue weighted by atomic mass is 35.5. The maximum atomic E-state index is 6.43. The van der Waals surface area contributed by atoms with E-state index in [-0.39, 0.29) is 0 Å². The van der Waals surface area contributed by atoms with E-state index in [2.05, 4.69) is 31.8 Å².